The van der Waals surface area contributed by atoms with Crippen LogP contribution in [0.25, 0.3) is 0 Å². The van der Waals surface area contributed by atoms with Gasteiger partial charge in [0.2, 0.25) is 21.8 Å². The number of amides is 2. The van der Waals surface area contributed by atoms with Gasteiger partial charge in [-0.15, -0.1) is 0 Å². The molecule has 1 aromatic rings. The summed E-state index contributed by atoms with van der Waals surface area (Å²) in [6.07, 6.45) is 0.142. The number of nitrogens with one attached hydrogen (secondary N) is 2. The zero-order valence-corrected chi connectivity index (χ0v) is 16.8. The molecule has 0 aliphatic carbocycles. The molecule has 1 aromatic carbocycles. The molecule has 0 spiro atoms. The summed E-state index contributed by atoms with van der Waals surface area (Å²) in [6.45, 7) is 7.37. The Morgan fingerprint density at radius 2 is 1.81 bits per heavy atom. The highest BCUT2D eigenvalue weighted by Crippen LogP contribution is 2.18. The fourth-order valence-corrected chi connectivity index (χ4v) is 4.08. The predicted octanol–water partition coefficient (Wildman–Crippen LogP) is 1.34. The number of morpholine rings is 1. The van der Waals surface area contributed by atoms with Crippen molar-refractivity contribution in [1.29, 1.82) is 0 Å². The molecule has 2 rings (SSSR count). The summed E-state index contributed by atoms with van der Waals surface area (Å²) in [5.74, 6) is -0.422. The lowest BCUT2D eigenvalue weighted by Crippen LogP contribution is -2.40. The molecule has 1 aliphatic heterocycles. The predicted molar refractivity (Wildman–Crippen MR) is 102 cm³/mol. The van der Waals surface area contributed by atoms with Crippen LogP contribution in [-0.4, -0.2) is 57.0 Å². The maximum Gasteiger partial charge on any atom is 0.241 e. The fourth-order valence-electron chi connectivity index (χ4n) is 2.62. The Morgan fingerprint density at radius 1 is 1.15 bits per heavy atom. The van der Waals surface area contributed by atoms with Crippen molar-refractivity contribution in [3.63, 3.8) is 0 Å². The van der Waals surface area contributed by atoms with Gasteiger partial charge in [-0.05, 0) is 39.0 Å². The lowest BCUT2D eigenvalue weighted by molar-refractivity contribution is -0.136. The van der Waals surface area contributed by atoms with Crippen molar-refractivity contribution in [3.05, 3.63) is 24.3 Å². The van der Waals surface area contributed by atoms with Gasteiger partial charge in [-0.3, -0.25) is 9.59 Å². The maximum absolute atomic E-state index is 12.4. The molecular weight excluding hydrogens is 370 g/mol. The molecule has 8 nitrogen and oxygen atoms in total. The normalized spacial score (nSPS) is 15.4. The quantitative estimate of drug-likeness (QED) is 0.754. The minimum absolute atomic E-state index is 0.0351. The van der Waals surface area contributed by atoms with Crippen LogP contribution in [0.2, 0.25) is 0 Å². The summed E-state index contributed by atoms with van der Waals surface area (Å²) < 4.78 is 32.5. The van der Waals surface area contributed by atoms with Gasteiger partial charge >= 0.3 is 0 Å². The van der Waals surface area contributed by atoms with Crippen LogP contribution in [0.1, 0.15) is 33.6 Å². The highest BCUT2D eigenvalue weighted by Gasteiger charge is 2.22. The van der Waals surface area contributed by atoms with Gasteiger partial charge in [0.25, 0.3) is 0 Å². The molecule has 0 aromatic heterocycles. The van der Waals surface area contributed by atoms with Crippen LogP contribution in [0.4, 0.5) is 5.69 Å². The Balaban J connectivity index is 1.93. The number of sulfonamides is 1. The van der Waals surface area contributed by atoms with E-state index in [9.17, 15) is 18.0 Å². The van der Waals surface area contributed by atoms with Gasteiger partial charge < -0.3 is 15.0 Å². The van der Waals surface area contributed by atoms with Crippen LogP contribution >= 0.6 is 0 Å². The second kappa shape index (κ2) is 8.81. The number of carbonyl (C=O) groups is 2. The number of nitrogens with zero attached hydrogens (tertiary/aromatic N) is 1. The summed E-state index contributed by atoms with van der Waals surface area (Å²) in [5.41, 5.74) is -0.242. The molecule has 1 fully saturated rings. The number of hydrogen-bond donors (Lipinski definition) is 2. The summed E-state index contributed by atoms with van der Waals surface area (Å²) in [5, 5.41) is 2.65. The molecule has 1 aliphatic rings. The molecule has 150 valence electrons. The molecule has 0 atom stereocenters. The van der Waals surface area contributed by atoms with Crippen LogP contribution in [-0.2, 0) is 24.3 Å². The van der Waals surface area contributed by atoms with Crippen molar-refractivity contribution in [2.45, 2.75) is 44.0 Å². The highest BCUT2D eigenvalue weighted by molar-refractivity contribution is 7.89. The Kier molecular flexibility index (Phi) is 6.96. The van der Waals surface area contributed by atoms with Gasteiger partial charge in [-0.2, -0.15) is 0 Å². The summed E-state index contributed by atoms with van der Waals surface area (Å²) in [6, 6.07) is 6.03. The number of ether oxygens (including phenoxy) is 1. The Bertz CT molecular complexity index is 780. The number of hydrogen-bond acceptors (Lipinski definition) is 5. The smallest absolute Gasteiger partial charge is 0.241 e. The maximum atomic E-state index is 12.4. The highest BCUT2D eigenvalue weighted by atomic mass is 32.2. The van der Waals surface area contributed by atoms with Crippen molar-refractivity contribution in [2.75, 3.05) is 31.6 Å². The van der Waals surface area contributed by atoms with Crippen LogP contribution in [0.15, 0.2) is 29.2 Å². The molecule has 2 amide bonds. The third-order valence-electron chi connectivity index (χ3n) is 3.80. The number of anilines is 1. The van der Waals surface area contributed by atoms with Gasteiger partial charge in [0.05, 0.1) is 18.1 Å². The Labute approximate surface area is 160 Å². The summed E-state index contributed by atoms with van der Waals surface area (Å²) >= 11 is 0. The molecule has 9 heteroatoms. The molecule has 2 N–H and O–H groups in total. The number of carbonyl (C=O) groups excluding carboxylic acids is 2. The van der Waals surface area contributed by atoms with E-state index in [4.69, 9.17) is 4.74 Å². The largest absolute Gasteiger partial charge is 0.378 e. The molecular formula is C18H27N3O5S. The van der Waals surface area contributed by atoms with E-state index in [0.29, 0.717) is 32.0 Å². The van der Waals surface area contributed by atoms with E-state index in [2.05, 4.69) is 10.0 Å². The molecule has 0 saturated carbocycles. The first-order valence-corrected chi connectivity index (χ1v) is 10.3. The van der Waals surface area contributed by atoms with Crippen molar-refractivity contribution < 1.29 is 22.7 Å². The lowest BCUT2D eigenvalue weighted by atomic mass is 10.1. The molecule has 0 bridgehead atoms. The van der Waals surface area contributed by atoms with E-state index in [-0.39, 0.29) is 29.6 Å². The molecule has 27 heavy (non-hydrogen) atoms. The van der Waals surface area contributed by atoms with Crippen LogP contribution in [0.3, 0.4) is 0 Å². The van der Waals surface area contributed by atoms with Gasteiger partial charge in [0, 0.05) is 37.2 Å². The molecule has 0 radical (unpaired) electrons. The lowest BCUT2D eigenvalue weighted by Gasteiger charge is -2.26. The van der Waals surface area contributed by atoms with E-state index < -0.39 is 15.6 Å². The second-order valence-electron chi connectivity index (χ2n) is 7.42. The van der Waals surface area contributed by atoms with Gasteiger partial charge in [-0.1, -0.05) is 6.07 Å². The second-order valence-corrected chi connectivity index (χ2v) is 9.11. The van der Waals surface area contributed by atoms with Crippen LogP contribution < -0.4 is 10.0 Å². The standard InChI is InChI=1S/C18H27N3O5S/c1-18(2,3)20-27(24,25)15-6-4-5-14(13-15)19-16(22)7-8-17(23)21-9-11-26-12-10-21/h4-6,13,20H,7-12H2,1-3H3,(H,19,22). The topological polar surface area (TPSA) is 105 Å². The first-order valence-electron chi connectivity index (χ1n) is 8.86. The average Bonchev–Trinajstić information content (AvgIpc) is 2.58. The monoisotopic (exact) mass is 397 g/mol. The number of benzene rings is 1. The third kappa shape index (κ3) is 6.93. The van der Waals surface area contributed by atoms with Gasteiger partial charge in [0.1, 0.15) is 0 Å². The van der Waals surface area contributed by atoms with E-state index in [1.807, 2.05) is 0 Å². The molecule has 1 saturated heterocycles. The SMILES string of the molecule is CC(C)(C)NS(=O)(=O)c1cccc(NC(=O)CCC(=O)N2CCOCC2)c1. The van der Waals surface area contributed by atoms with Gasteiger partial charge in [0.15, 0.2) is 0 Å². The molecule has 1 heterocycles. The van der Waals surface area contributed by atoms with E-state index >= 15 is 0 Å². The minimum atomic E-state index is -3.69. The van der Waals surface area contributed by atoms with E-state index in [0.717, 1.165) is 0 Å². The van der Waals surface area contributed by atoms with E-state index in [1.165, 1.54) is 12.1 Å². The van der Waals surface area contributed by atoms with E-state index in [1.54, 1.807) is 37.8 Å². The van der Waals surface area contributed by atoms with Crippen molar-refractivity contribution >= 4 is 27.5 Å². The van der Waals surface area contributed by atoms with Crippen molar-refractivity contribution in [1.82, 2.24) is 9.62 Å². The fraction of sp³-hybridized carbons (Fsp3) is 0.556. The Morgan fingerprint density at radius 3 is 2.44 bits per heavy atom. The number of rotatable bonds is 6. The van der Waals surface area contributed by atoms with Crippen molar-refractivity contribution in [3.8, 4) is 0 Å². The van der Waals surface area contributed by atoms with Crippen LogP contribution in [0.5, 0.6) is 0 Å². The third-order valence-corrected chi connectivity index (χ3v) is 5.55. The first kappa shape index (κ1) is 21.3. The average molecular weight is 397 g/mol. The van der Waals surface area contributed by atoms with Crippen LogP contribution in [0, 0.1) is 0 Å². The first-order chi connectivity index (χ1) is 12.6. The molecule has 0 unspecified atom stereocenters. The Hall–Kier alpha value is -1.97. The minimum Gasteiger partial charge on any atom is -0.378 e. The zero-order chi connectivity index (χ0) is 20.1. The summed E-state index contributed by atoms with van der Waals surface area (Å²) in [4.78, 5) is 25.9. The zero-order valence-electron chi connectivity index (χ0n) is 15.9. The van der Waals surface area contributed by atoms with Gasteiger partial charge in [-0.25, -0.2) is 13.1 Å². The summed E-state index contributed by atoms with van der Waals surface area (Å²) in [7, 11) is -3.69. The van der Waals surface area contributed by atoms with Crippen molar-refractivity contribution in [2.24, 2.45) is 0 Å².